The molecule has 0 nitrogen and oxygen atoms in total. The van der Waals surface area contributed by atoms with E-state index in [0.29, 0.717) is 0 Å². The molecule has 0 saturated heterocycles. The van der Waals surface area contributed by atoms with Crippen LogP contribution in [-0.4, -0.2) is 0 Å². The maximum atomic E-state index is 3.30. The van der Waals surface area contributed by atoms with E-state index in [2.05, 4.69) is 98.8 Å². The summed E-state index contributed by atoms with van der Waals surface area (Å²) in [5, 5.41) is 0. The molecule has 0 saturated carbocycles. The minimum Gasteiger partial charge on any atom is -0.346 e. The molecule has 4 aromatic carbocycles. The van der Waals surface area contributed by atoms with Gasteiger partial charge >= 0.3 is 21.7 Å². The second-order valence-corrected chi connectivity index (χ2v) is 6.79. The topological polar surface area (TPSA) is 0 Å². The van der Waals surface area contributed by atoms with Crippen LogP contribution in [0.2, 0.25) is 0 Å². The molecule has 1 heteroatoms. The number of hydrogen-bond acceptors (Lipinski definition) is 0. The first kappa shape index (κ1) is 24.9. The van der Waals surface area contributed by atoms with E-state index in [0.717, 1.165) is 12.8 Å². The van der Waals surface area contributed by atoms with Crippen molar-refractivity contribution in [2.24, 2.45) is 0 Å². The van der Waals surface area contributed by atoms with Crippen molar-refractivity contribution in [2.45, 2.75) is 26.7 Å². The Morgan fingerprint density at radius 3 is 1.29 bits per heavy atom. The van der Waals surface area contributed by atoms with Gasteiger partial charge in [0.25, 0.3) is 0 Å². The molecule has 0 aliphatic heterocycles. The van der Waals surface area contributed by atoms with Crippen molar-refractivity contribution < 1.29 is 21.7 Å². The zero-order valence-corrected chi connectivity index (χ0v) is 20.0. The molecule has 0 amide bonds. The fourth-order valence-electron chi connectivity index (χ4n) is 4.00. The second kappa shape index (κ2) is 12.4. The average molecular weight is 436 g/mol. The van der Waals surface area contributed by atoms with Crippen LogP contribution < -0.4 is 0 Å². The molecule has 6 rings (SSSR count). The van der Waals surface area contributed by atoms with Crippen molar-refractivity contribution in [3.05, 3.63) is 133 Å². The van der Waals surface area contributed by atoms with E-state index < -0.39 is 0 Å². The van der Waals surface area contributed by atoms with Crippen LogP contribution in [0.25, 0.3) is 22.3 Å². The summed E-state index contributed by atoms with van der Waals surface area (Å²) < 4.78 is 0. The van der Waals surface area contributed by atoms with E-state index >= 15 is 0 Å². The molecular weight excluding hydrogens is 408 g/mol. The maximum Gasteiger partial charge on any atom is 4.00 e. The molecule has 0 aromatic heterocycles. The summed E-state index contributed by atoms with van der Waals surface area (Å²) in [4.78, 5) is 0. The van der Waals surface area contributed by atoms with E-state index in [1.165, 1.54) is 44.5 Å². The fourth-order valence-corrected chi connectivity index (χ4v) is 4.00. The third-order valence-corrected chi connectivity index (χ3v) is 5.23. The van der Waals surface area contributed by atoms with Crippen LogP contribution in [0.1, 0.15) is 36.1 Å². The molecule has 2 aliphatic carbocycles. The second-order valence-electron chi connectivity index (χ2n) is 6.79. The van der Waals surface area contributed by atoms with Gasteiger partial charge in [-0.3, -0.25) is 0 Å². The predicted octanol–water partition coefficient (Wildman–Crippen LogP) is 7.79. The molecular formula is C30H28Ti. The van der Waals surface area contributed by atoms with Gasteiger partial charge < -0.3 is 13.8 Å². The zero-order chi connectivity index (χ0) is 21.3. The van der Waals surface area contributed by atoms with E-state index in [4.69, 9.17) is 0 Å². The summed E-state index contributed by atoms with van der Waals surface area (Å²) in [5.41, 5.74) is 11.0. The minimum atomic E-state index is 0. The predicted molar refractivity (Wildman–Crippen MR) is 129 cm³/mol. The van der Waals surface area contributed by atoms with Crippen molar-refractivity contribution in [2.75, 3.05) is 0 Å². The van der Waals surface area contributed by atoms with Crippen LogP contribution in [0.5, 0.6) is 0 Å². The summed E-state index contributed by atoms with van der Waals surface area (Å²) in [6, 6.07) is 36.2. The van der Waals surface area contributed by atoms with Crippen LogP contribution in [0.15, 0.2) is 84.9 Å². The number of benzene rings is 4. The van der Waals surface area contributed by atoms with Crippen LogP contribution in [0.3, 0.4) is 0 Å². The largest absolute Gasteiger partial charge is 4.00 e. The molecule has 31 heavy (non-hydrogen) atoms. The van der Waals surface area contributed by atoms with Crippen LogP contribution in [0.4, 0.5) is 0 Å². The number of rotatable bonds is 0. The van der Waals surface area contributed by atoms with Crippen molar-refractivity contribution in [1.29, 1.82) is 0 Å². The molecule has 0 unspecified atom stereocenters. The normalized spacial score (nSPS) is 10.7. The van der Waals surface area contributed by atoms with Crippen molar-refractivity contribution in [1.82, 2.24) is 0 Å². The average Bonchev–Trinajstić information content (AvgIpc) is 3.40. The quantitative estimate of drug-likeness (QED) is 0.168. The number of fused-ring (bicyclic) bond motifs is 6. The Morgan fingerprint density at radius 2 is 0.871 bits per heavy atom. The number of hydrogen-bond donors (Lipinski definition) is 0. The summed E-state index contributed by atoms with van der Waals surface area (Å²) in [7, 11) is 0. The SMILES string of the molecule is [CH2-]C.[CH2-]C.[Ti+4].[c-]1cccc2c1Cc1ccccc1-2.[c-]1cccc2c1Cc1ccccc1-2. The molecule has 0 fully saturated rings. The van der Waals surface area contributed by atoms with Gasteiger partial charge in [0.05, 0.1) is 0 Å². The van der Waals surface area contributed by atoms with E-state index in [1.807, 2.05) is 12.1 Å². The first-order chi connectivity index (χ1) is 14.9. The van der Waals surface area contributed by atoms with Crippen LogP contribution in [-0.2, 0) is 34.6 Å². The monoisotopic (exact) mass is 436 g/mol. The minimum absolute atomic E-state index is 0. The Bertz CT molecular complexity index is 919. The van der Waals surface area contributed by atoms with Crippen molar-refractivity contribution in [3.63, 3.8) is 0 Å². The van der Waals surface area contributed by atoms with Gasteiger partial charge in [-0.15, -0.1) is 11.1 Å². The van der Waals surface area contributed by atoms with E-state index in [-0.39, 0.29) is 21.7 Å². The summed E-state index contributed by atoms with van der Waals surface area (Å²) in [6.45, 7) is 10.0. The molecule has 2 aliphatic rings. The Hall–Kier alpha value is -2.41. The third kappa shape index (κ3) is 5.45. The Labute approximate surface area is 203 Å². The van der Waals surface area contributed by atoms with Gasteiger partial charge in [-0.1, -0.05) is 70.8 Å². The molecule has 4 aromatic rings. The first-order valence-corrected chi connectivity index (χ1v) is 10.5. The van der Waals surface area contributed by atoms with Gasteiger partial charge in [-0.2, -0.15) is 73.5 Å². The Morgan fingerprint density at radius 1 is 0.516 bits per heavy atom. The fraction of sp³-hybridized carbons (Fsp3) is 0.133. The Balaban J connectivity index is 0.000000185. The van der Waals surface area contributed by atoms with Crippen LogP contribution in [0, 0.1) is 26.0 Å². The standard InChI is InChI=1S/2C13H9.2C2H5.Ti/c2*1-3-7-12-10(5-1)9-11-6-2-4-8-13(11)12;2*1-2;/h2*1-5,7-8H,9H2;2*1H2,2H3;/q4*-1;+4. The summed E-state index contributed by atoms with van der Waals surface area (Å²) in [5.74, 6) is 0. The Kier molecular flexibility index (Phi) is 9.98. The molecule has 152 valence electrons. The van der Waals surface area contributed by atoms with Gasteiger partial charge in [-0.05, 0) is 12.8 Å². The maximum absolute atomic E-state index is 3.30. The van der Waals surface area contributed by atoms with Crippen molar-refractivity contribution >= 4 is 0 Å². The van der Waals surface area contributed by atoms with Gasteiger partial charge in [-0.25, -0.2) is 0 Å². The van der Waals surface area contributed by atoms with E-state index in [1.54, 1.807) is 13.8 Å². The third-order valence-electron chi connectivity index (χ3n) is 5.23. The van der Waals surface area contributed by atoms with Gasteiger partial charge in [0.15, 0.2) is 0 Å². The molecule has 0 heterocycles. The first-order valence-electron chi connectivity index (χ1n) is 10.5. The molecule has 0 radical (unpaired) electrons. The molecule has 0 atom stereocenters. The molecule has 0 N–H and O–H groups in total. The zero-order valence-electron chi connectivity index (χ0n) is 18.4. The van der Waals surface area contributed by atoms with Gasteiger partial charge in [0, 0.05) is 0 Å². The molecule has 0 bridgehead atoms. The summed E-state index contributed by atoms with van der Waals surface area (Å²) >= 11 is 0. The van der Waals surface area contributed by atoms with Crippen LogP contribution >= 0.6 is 0 Å². The van der Waals surface area contributed by atoms with Gasteiger partial charge in [0.1, 0.15) is 0 Å². The molecule has 0 spiro atoms. The van der Waals surface area contributed by atoms with Crippen molar-refractivity contribution in [3.8, 4) is 22.3 Å². The van der Waals surface area contributed by atoms with E-state index in [9.17, 15) is 0 Å². The summed E-state index contributed by atoms with van der Waals surface area (Å²) in [6.07, 6.45) is 2.10. The smallest absolute Gasteiger partial charge is 0.346 e. The van der Waals surface area contributed by atoms with Gasteiger partial charge in [0.2, 0.25) is 0 Å².